The lowest BCUT2D eigenvalue weighted by Gasteiger charge is -2.12. The largest absolute Gasteiger partial charge is 0.497 e. The van der Waals surface area contributed by atoms with E-state index in [2.05, 4.69) is 0 Å². The maximum Gasteiger partial charge on any atom is 0.241 e. The number of ketones is 1. The summed E-state index contributed by atoms with van der Waals surface area (Å²) in [5.41, 5.74) is 1.33. The average Bonchev–Trinajstić information content (AvgIpc) is 2.68. The standard InChI is InChI=1S/C20H19N4O2/c1-23(2)17-8-10-24(11-9-17)19(12-15(13-21)14-22)20(25)16-4-6-18(26-3)7-5-16/h4-12,19H,1-3H3/q+1. The van der Waals surface area contributed by atoms with Crippen molar-refractivity contribution in [2.75, 3.05) is 26.1 Å². The number of methoxy groups -OCH3 is 1. The summed E-state index contributed by atoms with van der Waals surface area (Å²) in [6.45, 7) is 0. The maximum atomic E-state index is 13.0. The Morgan fingerprint density at radius 2 is 1.69 bits per heavy atom. The number of hydrogen-bond acceptors (Lipinski definition) is 5. The number of rotatable bonds is 6. The zero-order valence-corrected chi connectivity index (χ0v) is 14.9. The molecule has 0 radical (unpaired) electrons. The van der Waals surface area contributed by atoms with Crippen LogP contribution in [0.4, 0.5) is 5.69 Å². The number of pyridine rings is 1. The Hall–Kier alpha value is -3.64. The number of aromatic nitrogens is 1. The van der Waals surface area contributed by atoms with Crippen molar-refractivity contribution >= 4 is 11.5 Å². The fraction of sp³-hybridized carbons (Fsp3) is 0.200. The Morgan fingerprint density at radius 3 is 2.15 bits per heavy atom. The summed E-state index contributed by atoms with van der Waals surface area (Å²) in [5, 5.41) is 18.1. The van der Waals surface area contributed by atoms with E-state index in [1.807, 2.05) is 43.3 Å². The minimum atomic E-state index is -0.797. The average molecular weight is 347 g/mol. The van der Waals surface area contributed by atoms with E-state index in [0.717, 1.165) is 5.69 Å². The highest BCUT2D eigenvalue weighted by Gasteiger charge is 2.27. The number of allylic oxidation sites excluding steroid dienone is 2. The molecule has 0 bridgehead atoms. The van der Waals surface area contributed by atoms with Crippen molar-refractivity contribution in [3.05, 3.63) is 66.0 Å². The second-order valence-electron chi connectivity index (χ2n) is 5.74. The van der Waals surface area contributed by atoms with E-state index in [-0.39, 0.29) is 11.4 Å². The fourth-order valence-electron chi connectivity index (χ4n) is 2.39. The second kappa shape index (κ2) is 8.46. The monoisotopic (exact) mass is 347 g/mol. The highest BCUT2D eigenvalue weighted by atomic mass is 16.5. The lowest BCUT2D eigenvalue weighted by atomic mass is 10.0. The van der Waals surface area contributed by atoms with Crippen LogP contribution in [-0.4, -0.2) is 27.0 Å². The van der Waals surface area contributed by atoms with E-state index in [1.54, 1.807) is 48.3 Å². The topological polar surface area (TPSA) is 81.0 Å². The molecule has 0 saturated heterocycles. The first-order valence-corrected chi connectivity index (χ1v) is 7.88. The number of Topliss-reactive ketones (excluding diaryl/α,β-unsaturated/α-hetero) is 1. The quantitative estimate of drug-likeness (QED) is 0.455. The third kappa shape index (κ3) is 4.25. The molecule has 6 nitrogen and oxygen atoms in total. The van der Waals surface area contributed by atoms with E-state index in [9.17, 15) is 4.79 Å². The molecule has 0 amide bonds. The van der Waals surface area contributed by atoms with Gasteiger partial charge in [-0.2, -0.15) is 15.1 Å². The van der Waals surface area contributed by atoms with Gasteiger partial charge in [0.15, 0.2) is 12.4 Å². The maximum absolute atomic E-state index is 13.0. The van der Waals surface area contributed by atoms with Gasteiger partial charge in [-0.3, -0.25) is 4.79 Å². The van der Waals surface area contributed by atoms with Crippen LogP contribution in [0.15, 0.2) is 60.4 Å². The summed E-state index contributed by atoms with van der Waals surface area (Å²) in [7, 11) is 5.39. The van der Waals surface area contributed by atoms with Gasteiger partial charge in [0.25, 0.3) is 0 Å². The predicted octanol–water partition coefficient (Wildman–Crippen LogP) is 2.45. The molecule has 2 rings (SSSR count). The molecule has 1 aromatic heterocycles. The number of carbonyl (C=O) groups excluding carboxylic acids is 1. The van der Waals surface area contributed by atoms with E-state index in [4.69, 9.17) is 15.3 Å². The van der Waals surface area contributed by atoms with Crippen molar-refractivity contribution in [3.63, 3.8) is 0 Å². The molecular formula is C20H19N4O2+. The molecule has 0 N–H and O–H groups in total. The van der Waals surface area contributed by atoms with Gasteiger partial charge in [0, 0.05) is 43.6 Å². The summed E-state index contributed by atoms with van der Waals surface area (Å²) >= 11 is 0. The number of benzene rings is 1. The van der Waals surface area contributed by atoms with Gasteiger partial charge in [-0.25, -0.2) is 0 Å². The van der Waals surface area contributed by atoms with Crippen molar-refractivity contribution in [1.29, 1.82) is 10.5 Å². The Bertz CT molecular complexity index is 869. The molecule has 1 atom stereocenters. The van der Waals surface area contributed by atoms with Crippen molar-refractivity contribution < 1.29 is 14.1 Å². The Balaban J connectivity index is 2.46. The first-order valence-electron chi connectivity index (χ1n) is 7.88. The fourth-order valence-corrected chi connectivity index (χ4v) is 2.39. The highest BCUT2D eigenvalue weighted by Crippen LogP contribution is 2.17. The van der Waals surface area contributed by atoms with E-state index >= 15 is 0 Å². The number of ether oxygens (including phenoxy) is 1. The van der Waals surface area contributed by atoms with Crippen LogP contribution in [0.2, 0.25) is 0 Å². The van der Waals surface area contributed by atoms with Crippen LogP contribution in [0.1, 0.15) is 16.4 Å². The van der Waals surface area contributed by atoms with Gasteiger partial charge >= 0.3 is 0 Å². The summed E-state index contributed by atoms with van der Waals surface area (Å²) in [4.78, 5) is 14.9. The van der Waals surface area contributed by atoms with Gasteiger partial charge in [0.2, 0.25) is 11.8 Å². The van der Waals surface area contributed by atoms with Gasteiger partial charge in [0.1, 0.15) is 23.5 Å². The van der Waals surface area contributed by atoms with Crippen molar-refractivity contribution in [2.45, 2.75) is 6.04 Å². The third-order valence-corrected chi connectivity index (χ3v) is 3.88. The van der Waals surface area contributed by atoms with Gasteiger partial charge < -0.3 is 9.64 Å². The predicted molar refractivity (Wildman–Crippen MR) is 96.6 cm³/mol. The number of carbonyl (C=O) groups is 1. The zero-order valence-electron chi connectivity index (χ0n) is 14.9. The molecule has 1 aromatic carbocycles. The highest BCUT2D eigenvalue weighted by molar-refractivity contribution is 5.99. The van der Waals surface area contributed by atoms with Crippen LogP contribution in [0.5, 0.6) is 5.75 Å². The Kier molecular flexibility index (Phi) is 6.08. The molecule has 6 heteroatoms. The number of hydrogen-bond donors (Lipinski definition) is 0. The lowest BCUT2D eigenvalue weighted by Crippen LogP contribution is -2.42. The first kappa shape index (κ1) is 18.7. The minimum Gasteiger partial charge on any atom is -0.497 e. The summed E-state index contributed by atoms with van der Waals surface area (Å²) < 4.78 is 6.78. The molecule has 1 unspecified atom stereocenters. The molecule has 1 heterocycles. The molecule has 130 valence electrons. The van der Waals surface area contributed by atoms with Crippen molar-refractivity contribution in [2.24, 2.45) is 0 Å². The van der Waals surface area contributed by atoms with E-state index < -0.39 is 6.04 Å². The van der Waals surface area contributed by atoms with Crippen molar-refractivity contribution in [3.8, 4) is 17.9 Å². The van der Waals surface area contributed by atoms with Crippen LogP contribution < -0.4 is 14.2 Å². The normalized spacial score (nSPS) is 10.8. The molecule has 2 aromatic rings. The molecule has 0 saturated carbocycles. The second-order valence-corrected chi connectivity index (χ2v) is 5.74. The summed E-state index contributed by atoms with van der Waals surface area (Å²) in [5.74, 6) is 0.421. The van der Waals surface area contributed by atoms with Crippen molar-refractivity contribution in [1.82, 2.24) is 0 Å². The van der Waals surface area contributed by atoms with Crippen LogP contribution in [0.3, 0.4) is 0 Å². The van der Waals surface area contributed by atoms with E-state index in [0.29, 0.717) is 11.3 Å². The molecule has 0 spiro atoms. The molecule has 26 heavy (non-hydrogen) atoms. The van der Waals surface area contributed by atoms with Gasteiger partial charge in [0.05, 0.1) is 7.11 Å². The number of nitriles is 2. The smallest absolute Gasteiger partial charge is 0.241 e. The first-order chi connectivity index (χ1) is 12.5. The Labute approximate surface area is 152 Å². The summed E-state index contributed by atoms with van der Waals surface area (Å²) in [6.07, 6.45) is 4.89. The van der Waals surface area contributed by atoms with Crippen LogP contribution >= 0.6 is 0 Å². The zero-order chi connectivity index (χ0) is 19.1. The molecule has 0 aliphatic carbocycles. The molecule has 0 aliphatic rings. The molecular weight excluding hydrogens is 328 g/mol. The number of anilines is 1. The van der Waals surface area contributed by atoms with Crippen LogP contribution in [-0.2, 0) is 0 Å². The minimum absolute atomic E-state index is 0.110. The van der Waals surface area contributed by atoms with Crippen LogP contribution in [0, 0.1) is 22.7 Å². The SMILES string of the molecule is COc1ccc(C(=O)C(C=C(C#N)C#N)[n+]2ccc(N(C)C)cc2)cc1. The third-order valence-electron chi connectivity index (χ3n) is 3.88. The lowest BCUT2D eigenvalue weighted by molar-refractivity contribution is -0.697. The van der Waals surface area contributed by atoms with E-state index in [1.165, 1.54) is 6.08 Å². The van der Waals surface area contributed by atoms with Gasteiger partial charge in [-0.1, -0.05) is 0 Å². The molecule has 0 fully saturated rings. The Morgan fingerprint density at radius 1 is 1.12 bits per heavy atom. The van der Waals surface area contributed by atoms with Gasteiger partial charge in [-0.05, 0) is 24.3 Å². The van der Waals surface area contributed by atoms with Crippen LogP contribution in [0.25, 0.3) is 0 Å². The molecule has 0 aliphatic heterocycles. The summed E-state index contributed by atoms with van der Waals surface area (Å²) in [6, 6.07) is 13.3. The number of nitrogens with zero attached hydrogens (tertiary/aromatic N) is 4. The van der Waals surface area contributed by atoms with Gasteiger partial charge in [-0.15, -0.1) is 0 Å².